The summed E-state index contributed by atoms with van der Waals surface area (Å²) >= 11 is 0. The lowest BCUT2D eigenvalue weighted by molar-refractivity contribution is 0.475. The van der Waals surface area contributed by atoms with Crippen LogP contribution in [0.5, 0.6) is 5.75 Å². The largest absolute Gasteiger partial charge is 0.379 e. The highest BCUT2D eigenvalue weighted by Crippen LogP contribution is 2.46. The maximum absolute atomic E-state index is 15.2. The molecule has 0 aromatic heterocycles. The summed E-state index contributed by atoms with van der Waals surface area (Å²) in [6.07, 6.45) is 4.09. The monoisotopic (exact) mass is 698 g/mol. The molecule has 0 fully saturated rings. The predicted octanol–water partition coefficient (Wildman–Crippen LogP) is 10.2. The molecule has 8 rings (SSSR count). The fraction of sp³-hybridized carbons (Fsp3) is 0.143. The second-order valence-corrected chi connectivity index (χ2v) is 15.7. The Balaban J connectivity index is 1.47. The molecule has 0 heterocycles. The van der Waals surface area contributed by atoms with Gasteiger partial charge in [-0.15, -0.1) is 0 Å². The molecule has 1 aliphatic rings. The summed E-state index contributed by atoms with van der Waals surface area (Å²) in [4.78, 5) is -0.167. The Labute approximate surface area is 291 Å². The van der Waals surface area contributed by atoms with Crippen LogP contribution in [0, 0.1) is 0 Å². The molecule has 0 saturated carbocycles. The molecule has 0 amide bonds. The number of hydrogen-bond acceptors (Lipinski definition) is 5. The normalized spacial score (nSPS) is 13.9. The average Bonchev–Trinajstić information content (AvgIpc) is 3.10. The maximum Gasteiger partial charge on any atom is 0.340 e. The van der Waals surface area contributed by atoms with Gasteiger partial charge in [0.25, 0.3) is 10.1 Å². The summed E-state index contributed by atoms with van der Waals surface area (Å²) in [5.41, 5.74) is 3.45. The van der Waals surface area contributed by atoms with Crippen molar-refractivity contribution < 1.29 is 25.6 Å². The van der Waals surface area contributed by atoms with Gasteiger partial charge in [-0.3, -0.25) is 4.55 Å². The number of hydrogen-bond donors (Lipinski definition) is 1. The second-order valence-electron chi connectivity index (χ2n) is 12.8. The molecule has 8 heteroatoms. The van der Waals surface area contributed by atoms with E-state index < -0.39 is 20.2 Å². The molecule has 0 saturated heterocycles. The van der Waals surface area contributed by atoms with Gasteiger partial charge in [-0.25, -0.2) is 0 Å². The Kier molecular flexibility index (Phi) is 8.18. The number of fused-ring (bicyclic) bond motifs is 4. The summed E-state index contributed by atoms with van der Waals surface area (Å²) in [6.45, 7) is 0. The van der Waals surface area contributed by atoms with E-state index in [0.717, 1.165) is 62.7 Å². The fourth-order valence-corrected chi connectivity index (χ4v) is 9.75. The Morgan fingerprint density at radius 2 is 1.04 bits per heavy atom. The molecular formula is C42H34O6S2. The first-order valence-electron chi connectivity index (χ1n) is 16.8. The Hall–Kier alpha value is -5.02. The van der Waals surface area contributed by atoms with E-state index >= 15 is 8.42 Å². The smallest absolute Gasteiger partial charge is 0.340 e. The Morgan fingerprint density at radius 3 is 1.70 bits per heavy atom. The molecule has 0 aliphatic heterocycles. The minimum atomic E-state index is -4.61. The van der Waals surface area contributed by atoms with E-state index in [1.54, 1.807) is 0 Å². The summed E-state index contributed by atoms with van der Waals surface area (Å²) in [7, 11) is -9.16. The lowest BCUT2D eigenvalue weighted by Gasteiger charge is -2.23. The van der Waals surface area contributed by atoms with Crippen LogP contribution < -0.4 is 4.18 Å². The van der Waals surface area contributed by atoms with Gasteiger partial charge < -0.3 is 4.18 Å². The van der Waals surface area contributed by atoms with Crippen molar-refractivity contribution in [2.24, 2.45) is 0 Å². The molecule has 0 atom stereocenters. The van der Waals surface area contributed by atoms with Crippen LogP contribution >= 0.6 is 0 Å². The van der Waals surface area contributed by atoms with Gasteiger partial charge in [-0.05, 0) is 92.9 Å². The van der Waals surface area contributed by atoms with Gasteiger partial charge in [-0.2, -0.15) is 16.8 Å². The number of benzene rings is 7. The van der Waals surface area contributed by atoms with Gasteiger partial charge in [0, 0.05) is 16.7 Å². The van der Waals surface area contributed by atoms with Gasteiger partial charge in [0.05, 0.1) is 4.90 Å². The van der Waals surface area contributed by atoms with Crippen molar-refractivity contribution in [3.8, 4) is 28.0 Å². The SMILES string of the molecule is O=S(=O)(O)c1ccc(OS(=O)(=O)c2c(-c3cccc4ccccc34)cc3ccccc3c2-c2cccc3ccccc23)c2c1CCCCCC2. The second kappa shape index (κ2) is 12.7. The first-order chi connectivity index (χ1) is 24.2. The topological polar surface area (TPSA) is 97.7 Å². The average molecular weight is 699 g/mol. The van der Waals surface area contributed by atoms with Crippen LogP contribution in [0.2, 0.25) is 0 Å². The van der Waals surface area contributed by atoms with Crippen molar-refractivity contribution in [3.05, 3.63) is 139 Å². The van der Waals surface area contributed by atoms with E-state index in [0.29, 0.717) is 41.5 Å². The molecule has 0 radical (unpaired) electrons. The van der Waals surface area contributed by atoms with Gasteiger partial charge >= 0.3 is 10.1 Å². The first-order valence-corrected chi connectivity index (χ1v) is 19.6. The summed E-state index contributed by atoms with van der Waals surface area (Å²) in [5.74, 6) is 0.0789. The van der Waals surface area contributed by atoms with E-state index in [9.17, 15) is 13.0 Å². The minimum absolute atomic E-state index is 0.0300. The van der Waals surface area contributed by atoms with Crippen LogP contribution in [-0.2, 0) is 33.1 Å². The summed E-state index contributed by atoms with van der Waals surface area (Å²) in [6, 6.07) is 39.9. The molecule has 1 N–H and O–H groups in total. The standard InChI is InChI=1S/C42H34O6S2/c43-49(44,45)40-26-25-39(35-21-3-1-2-4-22-36(35)40)48-50(46,47)42-38(34-23-11-16-28-13-5-8-18-31(28)34)27-30-15-7-10-20-33(30)41(42)37-24-12-17-29-14-6-9-19-32(29)37/h5-20,23-27H,1-4,21-22H2,(H,43,44,45). The Morgan fingerprint density at radius 1 is 0.500 bits per heavy atom. The van der Waals surface area contributed by atoms with Crippen LogP contribution in [0.15, 0.2) is 137 Å². The fourth-order valence-electron chi connectivity index (χ4n) is 7.59. The molecule has 7 aromatic carbocycles. The van der Waals surface area contributed by atoms with E-state index in [1.165, 1.54) is 12.1 Å². The maximum atomic E-state index is 15.2. The molecule has 7 aromatic rings. The summed E-state index contributed by atoms with van der Waals surface area (Å²) in [5, 5.41) is 5.36. The van der Waals surface area contributed by atoms with E-state index in [1.807, 2.05) is 115 Å². The van der Waals surface area contributed by atoms with Crippen molar-refractivity contribution in [2.75, 3.05) is 0 Å². The van der Waals surface area contributed by atoms with Gasteiger partial charge in [-0.1, -0.05) is 122 Å². The molecule has 50 heavy (non-hydrogen) atoms. The van der Waals surface area contributed by atoms with Gasteiger partial charge in [0.1, 0.15) is 10.6 Å². The van der Waals surface area contributed by atoms with Crippen LogP contribution in [0.4, 0.5) is 0 Å². The highest BCUT2D eigenvalue weighted by atomic mass is 32.2. The third kappa shape index (κ3) is 5.73. The van der Waals surface area contributed by atoms with Crippen LogP contribution in [0.3, 0.4) is 0 Å². The number of rotatable bonds is 6. The van der Waals surface area contributed by atoms with E-state index in [4.69, 9.17) is 4.18 Å². The first kappa shape index (κ1) is 32.2. The highest BCUT2D eigenvalue weighted by molar-refractivity contribution is 7.87. The van der Waals surface area contributed by atoms with Crippen molar-refractivity contribution in [3.63, 3.8) is 0 Å². The quantitative estimate of drug-likeness (QED) is 0.137. The Bertz CT molecular complexity index is 2670. The third-order valence-electron chi connectivity index (χ3n) is 9.82. The minimum Gasteiger partial charge on any atom is -0.379 e. The zero-order valence-corrected chi connectivity index (χ0v) is 28.8. The third-order valence-corrected chi connectivity index (χ3v) is 12.1. The molecule has 0 bridgehead atoms. The van der Waals surface area contributed by atoms with Crippen molar-refractivity contribution in [2.45, 2.75) is 48.3 Å². The van der Waals surface area contributed by atoms with Crippen molar-refractivity contribution in [1.82, 2.24) is 0 Å². The highest BCUT2D eigenvalue weighted by Gasteiger charge is 2.32. The molecule has 0 spiro atoms. The van der Waals surface area contributed by atoms with Crippen molar-refractivity contribution in [1.29, 1.82) is 0 Å². The van der Waals surface area contributed by atoms with E-state index in [2.05, 4.69) is 0 Å². The van der Waals surface area contributed by atoms with Gasteiger partial charge in [0.2, 0.25) is 0 Å². The lowest BCUT2D eigenvalue weighted by Crippen LogP contribution is -2.16. The molecular weight excluding hydrogens is 665 g/mol. The van der Waals surface area contributed by atoms with Crippen LogP contribution in [-0.4, -0.2) is 21.4 Å². The predicted molar refractivity (Wildman–Crippen MR) is 200 cm³/mol. The molecule has 1 aliphatic carbocycles. The zero-order valence-electron chi connectivity index (χ0n) is 27.2. The van der Waals surface area contributed by atoms with Gasteiger partial charge in [0.15, 0.2) is 0 Å². The van der Waals surface area contributed by atoms with Crippen LogP contribution in [0.1, 0.15) is 36.8 Å². The zero-order chi connectivity index (χ0) is 34.5. The molecule has 250 valence electrons. The lowest BCUT2D eigenvalue weighted by atomic mass is 9.89. The van der Waals surface area contributed by atoms with Crippen molar-refractivity contribution >= 4 is 52.6 Å². The summed E-state index contributed by atoms with van der Waals surface area (Å²) < 4.78 is 71.8. The van der Waals surface area contributed by atoms with Crippen LogP contribution in [0.25, 0.3) is 54.6 Å². The molecule has 0 unspecified atom stereocenters. The molecule has 6 nitrogen and oxygen atoms in total. The van der Waals surface area contributed by atoms with E-state index in [-0.39, 0.29) is 15.5 Å².